The van der Waals surface area contributed by atoms with Crippen LogP contribution in [0.25, 0.3) is 11.0 Å². The van der Waals surface area contributed by atoms with Crippen LogP contribution in [0.2, 0.25) is 0 Å². The average molecular weight is 276 g/mol. The van der Waals surface area contributed by atoms with E-state index in [-0.39, 0.29) is 23.2 Å². The van der Waals surface area contributed by atoms with Crippen LogP contribution in [-0.2, 0) is 10.1 Å². The molecule has 0 aliphatic carbocycles. The second kappa shape index (κ2) is 4.64. The predicted molar refractivity (Wildman–Crippen MR) is 60.0 cm³/mol. The highest BCUT2D eigenvalue weighted by Gasteiger charge is 2.12. The highest BCUT2D eigenvalue weighted by molar-refractivity contribution is 7.85. The van der Waals surface area contributed by atoms with Crippen molar-refractivity contribution in [3.63, 3.8) is 0 Å². The van der Waals surface area contributed by atoms with Crippen molar-refractivity contribution in [2.24, 2.45) is 0 Å². The normalized spacial score (nSPS) is 11.8. The molecular formula is C10H12ClN2O3S-. The van der Waals surface area contributed by atoms with Gasteiger partial charge >= 0.3 is 0 Å². The molecular weight excluding hydrogens is 264 g/mol. The summed E-state index contributed by atoms with van der Waals surface area (Å²) >= 11 is 0. The first-order chi connectivity index (χ1) is 7.38. The van der Waals surface area contributed by atoms with Gasteiger partial charge in [0.05, 0.1) is 15.9 Å². The number of nitrogens with zero attached hydrogens (tertiary/aromatic N) is 1. The van der Waals surface area contributed by atoms with Gasteiger partial charge in [-0.3, -0.25) is 4.55 Å². The van der Waals surface area contributed by atoms with E-state index in [1.807, 2.05) is 13.8 Å². The van der Waals surface area contributed by atoms with Gasteiger partial charge in [-0.15, -0.1) is 0 Å². The summed E-state index contributed by atoms with van der Waals surface area (Å²) in [6.07, 6.45) is 0. The largest absolute Gasteiger partial charge is 1.00 e. The van der Waals surface area contributed by atoms with E-state index in [2.05, 4.69) is 9.97 Å². The molecule has 0 aliphatic rings. The van der Waals surface area contributed by atoms with Gasteiger partial charge < -0.3 is 17.4 Å². The Bertz CT molecular complexity index is 634. The molecule has 0 saturated carbocycles. The van der Waals surface area contributed by atoms with E-state index in [4.69, 9.17) is 4.55 Å². The molecule has 17 heavy (non-hydrogen) atoms. The molecule has 5 nitrogen and oxygen atoms in total. The van der Waals surface area contributed by atoms with Crippen molar-refractivity contribution in [2.45, 2.75) is 24.7 Å². The monoisotopic (exact) mass is 275 g/mol. The van der Waals surface area contributed by atoms with Crippen molar-refractivity contribution in [3.05, 3.63) is 24.0 Å². The molecule has 0 spiro atoms. The predicted octanol–water partition coefficient (Wildman–Crippen LogP) is -1.06. The standard InChI is InChI=1S/C10H12N2O3S.ClH/c1-6(2)10-11-8-4-3-7(16(13,14)15)5-9(8)12-10;/h3-6H,1-2H3,(H,11,12)(H,13,14,15);1H/p-1. The van der Waals surface area contributed by atoms with Crippen LogP contribution in [0.4, 0.5) is 0 Å². The first kappa shape index (κ1) is 14.0. The maximum absolute atomic E-state index is 10.9. The summed E-state index contributed by atoms with van der Waals surface area (Å²) in [5.74, 6) is 1.03. The van der Waals surface area contributed by atoms with Crippen molar-refractivity contribution in [3.8, 4) is 0 Å². The van der Waals surface area contributed by atoms with Crippen LogP contribution in [0.3, 0.4) is 0 Å². The van der Waals surface area contributed by atoms with Gasteiger partial charge in [-0.05, 0) is 18.2 Å². The Morgan fingerprint density at radius 3 is 2.53 bits per heavy atom. The maximum Gasteiger partial charge on any atom is 0.294 e. The molecule has 1 aromatic heterocycles. The van der Waals surface area contributed by atoms with E-state index < -0.39 is 10.1 Å². The maximum atomic E-state index is 10.9. The van der Waals surface area contributed by atoms with Gasteiger partial charge in [0.2, 0.25) is 0 Å². The zero-order valence-corrected chi connectivity index (χ0v) is 10.9. The number of rotatable bonds is 2. The van der Waals surface area contributed by atoms with Crippen molar-refractivity contribution in [1.82, 2.24) is 9.97 Å². The van der Waals surface area contributed by atoms with Gasteiger partial charge in [0.25, 0.3) is 10.1 Å². The number of aromatic nitrogens is 2. The summed E-state index contributed by atoms with van der Waals surface area (Å²) in [7, 11) is -4.15. The molecule has 0 bridgehead atoms. The van der Waals surface area contributed by atoms with Gasteiger partial charge in [-0.25, -0.2) is 4.98 Å². The van der Waals surface area contributed by atoms with Crippen LogP contribution in [0.5, 0.6) is 0 Å². The van der Waals surface area contributed by atoms with E-state index in [1.54, 1.807) is 6.07 Å². The molecule has 2 rings (SSSR count). The number of benzene rings is 1. The van der Waals surface area contributed by atoms with Gasteiger partial charge in [-0.1, -0.05) is 13.8 Å². The zero-order chi connectivity index (χ0) is 11.9. The lowest BCUT2D eigenvalue weighted by Gasteiger charge is -1.96. The minimum atomic E-state index is -4.15. The Kier molecular flexibility index (Phi) is 3.81. The second-order valence-electron chi connectivity index (χ2n) is 3.93. The number of H-pyrrole nitrogens is 1. The quantitative estimate of drug-likeness (QED) is 0.684. The minimum Gasteiger partial charge on any atom is -1.00 e. The first-order valence-electron chi connectivity index (χ1n) is 4.85. The second-order valence-corrected chi connectivity index (χ2v) is 5.35. The van der Waals surface area contributed by atoms with Crippen LogP contribution in [0, 0.1) is 0 Å². The molecule has 2 N–H and O–H groups in total. The lowest BCUT2D eigenvalue weighted by Crippen LogP contribution is -3.00. The van der Waals surface area contributed by atoms with Crippen LogP contribution in [0.15, 0.2) is 23.1 Å². The third-order valence-electron chi connectivity index (χ3n) is 2.32. The number of hydrogen-bond donors (Lipinski definition) is 2. The number of fused-ring (bicyclic) bond motifs is 1. The summed E-state index contributed by atoms with van der Waals surface area (Å²) in [4.78, 5) is 7.20. The first-order valence-corrected chi connectivity index (χ1v) is 6.29. The smallest absolute Gasteiger partial charge is 0.294 e. The Balaban J connectivity index is 0.00000144. The third kappa shape index (κ3) is 2.77. The van der Waals surface area contributed by atoms with Crippen LogP contribution in [-0.4, -0.2) is 22.9 Å². The molecule has 0 aliphatic heterocycles. The van der Waals surface area contributed by atoms with Crippen LogP contribution in [0.1, 0.15) is 25.6 Å². The highest BCUT2D eigenvalue weighted by atomic mass is 35.5. The summed E-state index contributed by atoms with van der Waals surface area (Å²) < 4.78 is 30.8. The van der Waals surface area contributed by atoms with Gasteiger partial charge in [-0.2, -0.15) is 8.42 Å². The number of imidazole rings is 1. The minimum absolute atomic E-state index is 0. The van der Waals surface area contributed by atoms with Gasteiger partial charge in [0, 0.05) is 5.92 Å². The lowest BCUT2D eigenvalue weighted by atomic mass is 10.2. The Morgan fingerprint density at radius 1 is 1.35 bits per heavy atom. The number of halogens is 1. The highest BCUT2D eigenvalue weighted by Crippen LogP contribution is 2.20. The molecule has 0 saturated heterocycles. The zero-order valence-electron chi connectivity index (χ0n) is 9.31. The topological polar surface area (TPSA) is 83.1 Å². The molecule has 94 valence electrons. The molecule has 1 heterocycles. The molecule has 0 fully saturated rings. The SMILES string of the molecule is CC(C)c1nc2ccc(S(=O)(=O)O)cc2[nH]1.[Cl-]. The van der Waals surface area contributed by atoms with Crippen LogP contribution >= 0.6 is 0 Å². The molecule has 1 aromatic carbocycles. The third-order valence-corrected chi connectivity index (χ3v) is 3.17. The Morgan fingerprint density at radius 2 is 2.00 bits per heavy atom. The van der Waals surface area contributed by atoms with E-state index in [0.717, 1.165) is 5.82 Å². The van der Waals surface area contributed by atoms with E-state index in [0.29, 0.717) is 11.0 Å². The lowest BCUT2D eigenvalue weighted by molar-refractivity contribution is -0.00000766. The fraction of sp³-hybridized carbons (Fsp3) is 0.300. The number of aromatic amines is 1. The molecule has 2 aromatic rings. The molecule has 7 heteroatoms. The van der Waals surface area contributed by atoms with Crippen molar-refractivity contribution >= 4 is 21.2 Å². The van der Waals surface area contributed by atoms with Crippen molar-refractivity contribution in [1.29, 1.82) is 0 Å². The summed E-state index contributed by atoms with van der Waals surface area (Å²) in [5, 5.41) is 0. The molecule has 0 atom stereocenters. The van der Waals surface area contributed by atoms with E-state index >= 15 is 0 Å². The Hall–Kier alpha value is -1.11. The fourth-order valence-corrected chi connectivity index (χ4v) is 1.95. The fourth-order valence-electron chi connectivity index (χ4n) is 1.44. The van der Waals surface area contributed by atoms with Gasteiger partial charge in [0.1, 0.15) is 5.82 Å². The summed E-state index contributed by atoms with van der Waals surface area (Å²) in [6, 6.07) is 4.28. The summed E-state index contributed by atoms with van der Waals surface area (Å²) in [6.45, 7) is 3.98. The molecule has 0 unspecified atom stereocenters. The summed E-state index contributed by atoms with van der Waals surface area (Å²) in [5.41, 5.74) is 1.30. The molecule has 0 amide bonds. The van der Waals surface area contributed by atoms with Crippen LogP contribution < -0.4 is 12.4 Å². The Labute approximate surface area is 105 Å². The van der Waals surface area contributed by atoms with Gasteiger partial charge in [0.15, 0.2) is 0 Å². The number of nitrogens with one attached hydrogen (secondary N) is 1. The van der Waals surface area contributed by atoms with Crippen molar-refractivity contribution < 1.29 is 25.4 Å². The average Bonchev–Trinajstić information content (AvgIpc) is 2.58. The van der Waals surface area contributed by atoms with E-state index in [1.165, 1.54) is 12.1 Å². The molecule has 0 radical (unpaired) electrons. The van der Waals surface area contributed by atoms with E-state index in [9.17, 15) is 8.42 Å². The van der Waals surface area contributed by atoms with Crippen molar-refractivity contribution in [2.75, 3.05) is 0 Å². The number of hydrogen-bond acceptors (Lipinski definition) is 3.